The smallest absolute Gasteiger partial charge is 0.0273 e. The van der Waals surface area contributed by atoms with E-state index in [0.717, 1.165) is 0 Å². The van der Waals surface area contributed by atoms with Gasteiger partial charge in [0.2, 0.25) is 0 Å². The number of aromatic nitrogens is 2. The van der Waals surface area contributed by atoms with Gasteiger partial charge in [-0.15, -0.1) is 0 Å². The van der Waals surface area contributed by atoms with Crippen molar-refractivity contribution in [1.82, 2.24) is 9.97 Å². The van der Waals surface area contributed by atoms with Crippen LogP contribution in [0, 0.1) is 13.8 Å². The number of benzene rings is 6. The second-order valence-electron chi connectivity index (χ2n) is 12.0. The summed E-state index contributed by atoms with van der Waals surface area (Å²) in [5.74, 6) is 0. The van der Waals surface area contributed by atoms with Crippen molar-refractivity contribution >= 4 is 21.5 Å². The van der Waals surface area contributed by atoms with Crippen LogP contribution in [0.25, 0.3) is 77.2 Å². The summed E-state index contributed by atoms with van der Waals surface area (Å²) in [7, 11) is 0. The van der Waals surface area contributed by atoms with Gasteiger partial charge in [0.05, 0.1) is 0 Å². The Hall–Kier alpha value is -5.86. The highest BCUT2D eigenvalue weighted by Gasteiger charge is 2.19. The highest BCUT2D eigenvalue weighted by atomic mass is 14.6. The molecule has 2 aromatic heterocycles. The van der Waals surface area contributed by atoms with Crippen molar-refractivity contribution in [2.45, 2.75) is 13.8 Å². The van der Waals surface area contributed by atoms with Crippen LogP contribution in [0.5, 0.6) is 0 Å². The lowest BCUT2D eigenvalue weighted by molar-refractivity contribution is 1.32. The number of nitrogens with zero attached hydrogens (tertiary/aromatic N) is 2. The van der Waals surface area contributed by atoms with Crippen molar-refractivity contribution in [3.05, 3.63) is 169 Å². The molecule has 2 heteroatoms. The molecule has 2 nitrogen and oxygen atoms in total. The minimum absolute atomic E-state index is 1.17. The van der Waals surface area contributed by atoms with Gasteiger partial charge in [-0.25, -0.2) is 0 Å². The zero-order chi connectivity index (χ0) is 31.0. The van der Waals surface area contributed by atoms with E-state index in [-0.39, 0.29) is 0 Å². The maximum atomic E-state index is 4.27. The SMILES string of the molecule is Cc1ccc(-c2c3ccccc3c(-c3ccc(C)c(-c4ccncc4)c3)c3cc(-c4ccccc4)ccc23)cc1-c1ccncc1. The first-order valence-electron chi connectivity index (χ1n) is 15.7. The van der Waals surface area contributed by atoms with E-state index in [1.807, 2.05) is 24.8 Å². The number of aryl methyl sites for hydroxylation is 2. The van der Waals surface area contributed by atoms with Crippen molar-refractivity contribution in [2.75, 3.05) is 0 Å². The molecule has 0 spiro atoms. The molecule has 0 unspecified atom stereocenters. The Bertz CT molecular complexity index is 2360. The van der Waals surface area contributed by atoms with E-state index >= 15 is 0 Å². The third-order valence-corrected chi connectivity index (χ3v) is 9.17. The topological polar surface area (TPSA) is 25.8 Å². The van der Waals surface area contributed by atoms with Gasteiger partial charge in [-0.2, -0.15) is 0 Å². The van der Waals surface area contributed by atoms with Crippen LogP contribution in [-0.2, 0) is 0 Å². The van der Waals surface area contributed by atoms with Gasteiger partial charge >= 0.3 is 0 Å². The quantitative estimate of drug-likeness (QED) is 0.187. The Morgan fingerprint density at radius 1 is 0.326 bits per heavy atom. The number of hydrogen-bond donors (Lipinski definition) is 0. The molecular formula is C44H32N2. The van der Waals surface area contributed by atoms with Crippen LogP contribution < -0.4 is 0 Å². The summed E-state index contributed by atoms with van der Waals surface area (Å²) in [4.78, 5) is 8.53. The zero-order valence-corrected chi connectivity index (χ0v) is 25.9. The van der Waals surface area contributed by atoms with Gasteiger partial charge in [-0.1, -0.05) is 91.0 Å². The minimum atomic E-state index is 1.17. The van der Waals surface area contributed by atoms with Gasteiger partial charge in [0.1, 0.15) is 0 Å². The fraction of sp³-hybridized carbons (Fsp3) is 0.0455. The molecule has 0 aliphatic rings. The molecular weight excluding hydrogens is 556 g/mol. The molecule has 218 valence electrons. The molecule has 8 aromatic rings. The van der Waals surface area contributed by atoms with Crippen molar-refractivity contribution < 1.29 is 0 Å². The van der Waals surface area contributed by atoms with Crippen LogP contribution in [0.2, 0.25) is 0 Å². The van der Waals surface area contributed by atoms with E-state index in [2.05, 4.69) is 157 Å². The van der Waals surface area contributed by atoms with Crippen LogP contribution in [0.15, 0.2) is 158 Å². The van der Waals surface area contributed by atoms with Crippen LogP contribution in [0.4, 0.5) is 0 Å². The van der Waals surface area contributed by atoms with Gasteiger partial charge in [0, 0.05) is 24.8 Å². The molecule has 0 aliphatic heterocycles. The predicted octanol–water partition coefficient (Wildman–Crippen LogP) is 11.7. The average molecular weight is 589 g/mol. The third kappa shape index (κ3) is 4.85. The third-order valence-electron chi connectivity index (χ3n) is 9.17. The van der Waals surface area contributed by atoms with Crippen LogP contribution in [0.1, 0.15) is 11.1 Å². The van der Waals surface area contributed by atoms with Crippen LogP contribution in [-0.4, -0.2) is 9.97 Å². The molecule has 0 fully saturated rings. The number of pyridine rings is 2. The second kappa shape index (κ2) is 11.6. The number of rotatable bonds is 5. The molecule has 0 saturated heterocycles. The van der Waals surface area contributed by atoms with E-state index in [1.165, 1.54) is 88.3 Å². The van der Waals surface area contributed by atoms with Gasteiger partial charge in [-0.3, -0.25) is 9.97 Å². The molecule has 8 rings (SSSR count). The Morgan fingerprint density at radius 2 is 0.783 bits per heavy atom. The fourth-order valence-electron chi connectivity index (χ4n) is 6.85. The van der Waals surface area contributed by atoms with E-state index in [0.29, 0.717) is 0 Å². The average Bonchev–Trinajstić information content (AvgIpc) is 3.12. The first kappa shape index (κ1) is 27.7. The summed E-state index contributed by atoms with van der Waals surface area (Å²) >= 11 is 0. The molecule has 46 heavy (non-hydrogen) atoms. The maximum Gasteiger partial charge on any atom is 0.0273 e. The molecule has 0 aliphatic carbocycles. The van der Waals surface area contributed by atoms with Crippen molar-refractivity contribution in [1.29, 1.82) is 0 Å². The lowest BCUT2D eigenvalue weighted by Crippen LogP contribution is -1.94. The van der Waals surface area contributed by atoms with Crippen LogP contribution >= 0.6 is 0 Å². The van der Waals surface area contributed by atoms with E-state index in [9.17, 15) is 0 Å². The largest absolute Gasteiger partial charge is 0.265 e. The number of fused-ring (bicyclic) bond motifs is 2. The maximum absolute atomic E-state index is 4.27. The Labute approximate surface area is 269 Å². The van der Waals surface area contributed by atoms with E-state index < -0.39 is 0 Å². The molecule has 0 N–H and O–H groups in total. The van der Waals surface area contributed by atoms with Crippen molar-refractivity contribution in [2.24, 2.45) is 0 Å². The Morgan fingerprint density at radius 3 is 1.33 bits per heavy atom. The molecule has 0 bridgehead atoms. The first-order chi connectivity index (χ1) is 22.7. The highest BCUT2D eigenvalue weighted by Crippen LogP contribution is 2.46. The molecule has 6 aromatic carbocycles. The standard InChI is InChI=1S/C44H32N2/c1-29-12-14-35(27-40(29)32-18-22-45-23-19-32)43-37-10-6-7-11-38(37)44(36-15-13-30(2)41(28-36)33-20-24-46-25-21-33)42-26-34(16-17-39(42)43)31-8-4-3-5-9-31/h3-28H,1-2H3. The van der Waals surface area contributed by atoms with Crippen molar-refractivity contribution in [3.8, 4) is 55.6 Å². The number of hydrogen-bond acceptors (Lipinski definition) is 2. The summed E-state index contributed by atoms with van der Waals surface area (Å²) in [5, 5.41) is 4.97. The molecule has 0 atom stereocenters. The summed E-state index contributed by atoms with van der Waals surface area (Å²) < 4.78 is 0. The minimum Gasteiger partial charge on any atom is -0.265 e. The zero-order valence-electron chi connectivity index (χ0n) is 25.9. The Kier molecular flexibility index (Phi) is 6.96. The van der Waals surface area contributed by atoms with E-state index in [1.54, 1.807) is 0 Å². The lowest BCUT2D eigenvalue weighted by Gasteiger charge is -2.20. The van der Waals surface area contributed by atoms with Crippen molar-refractivity contribution in [3.63, 3.8) is 0 Å². The van der Waals surface area contributed by atoms with Gasteiger partial charge < -0.3 is 0 Å². The summed E-state index contributed by atoms with van der Waals surface area (Å²) in [6.07, 6.45) is 7.48. The van der Waals surface area contributed by atoms with Gasteiger partial charge in [0.15, 0.2) is 0 Å². The summed E-state index contributed by atoms with van der Waals surface area (Å²) in [6.45, 7) is 4.37. The molecule has 2 heterocycles. The summed E-state index contributed by atoms with van der Waals surface area (Å²) in [5.41, 5.74) is 14.6. The molecule has 0 amide bonds. The monoisotopic (exact) mass is 588 g/mol. The highest BCUT2D eigenvalue weighted by molar-refractivity contribution is 6.22. The molecule has 0 radical (unpaired) electrons. The Balaban J connectivity index is 1.47. The lowest BCUT2D eigenvalue weighted by atomic mass is 9.83. The predicted molar refractivity (Wildman–Crippen MR) is 194 cm³/mol. The van der Waals surface area contributed by atoms with E-state index in [4.69, 9.17) is 0 Å². The van der Waals surface area contributed by atoms with Gasteiger partial charge in [0.25, 0.3) is 0 Å². The fourth-order valence-corrected chi connectivity index (χ4v) is 6.85. The van der Waals surface area contributed by atoms with Crippen LogP contribution in [0.3, 0.4) is 0 Å². The molecule has 0 saturated carbocycles. The summed E-state index contributed by atoms with van der Waals surface area (Å²) in [6, 6.07) is 48.7. The first-order valence-corrected chi connectivity index (χ1v) is 15.7. The van der Waals surface area contributed by atoms with Gasteiger partial charge in [-0.05, 0) is 145 Å². The normalized spacial score (nSPS) is 11.3. The second-order valence-corrected chi connectivity index (χ2v) is 12.0.